The van der Waals surface area contributed by atoms with Gasteiger partial charge in [-0.2, -0.15) is 0 Å². The van der Waals surface area contributed by atoms with E-state index in [1.807, 2.05) is 0 Å². The first-order valence-corrected chi connectivity index (χ1v) is 3.69. The predicted molar refractivity (Wildman–Crippen MR) is 39.2 cm³/mol. The summed E-state index contributed by atoms with van der Waals surface area (Å²) in [6.45, 7) is 5.47. The largest absolute Gasteiger partial charge is 0.326 e. The molecule has 1 aliphatic heterocycles. The molecule has 0 amide bonds. The van der Waals surface area contributed by atoms with Crippen molar-refractivity contribution in [2.45, 2.75) is 32.4 Å². The van der Waals surface area contributed by atoms with Crippen LogP contribution in [-0.2, 0) is 0 Å². The number of nitrogens with two attached hydrogens (primary N) is 1. The minimum Gasteiger partial charge on any atom is -0.326 e. The lowest BCUT2D eigenvalue weighted by Gasteiger charge is -2.13. The quantitative estimate of drug-likeness (QED) is 0.534. The summed E-state index contributed by atoms with van der Waals surface area (Å²) in [5, 5.41) is 3.38. The average Bonchev–Trinajstić information content (AvgIpc) is 2.14. The first-order chi connectivity index (χ1) is 4.20. The minimum absolute atomic E-state index is 0.400. The molecule has 1 aliphatic rings. The Labute approximate surface area is 56.8 Å². The molecule has 1 fully saturated rings. The molecule has 2 nitrogen and oxygen atoms in total. The number of rotatable bonds is 1. The van der Waals surface area contributed by atoms with Gasteiger partial charge in [0.1, 0.15) is 0 Å². The zero-order valence-corrected chi connectivity index (χ0v) is 6.22. The summed E-state index contributed by atoms with van der Waals surface area (Å²) >= 11 is 0. The van der Waals surface area contributed by atoms with E-state index in [2.05, 4.69) is 19.2 Å². The molecule has 0 aromatic rings. The lowest BCUT2D eigenvalue weighted by Crippen LogP contribution is -2.26. The highest BCUT2D eigenvalue weighted by Gasteiger charge is 2.22. The molecule has 0 radical (unpaired) electrons. The molecule has 2 heteroatoms. The fourth-order valence-electron chi connectivity index (χ4n) is 1.30. The Morgan fingerprint density at radius 2 is 2.22 bits per heavy atom. The van der Waals surface area contributed by atoms with E-state index in [0.717, 1.165) is 18.9 Å². The monoisotopic (exact) mass is 128 g/mol. The van der Waals surface area contributed by atoms with Crippen molar-refractivity contribution in [3.63, 3.8) is 0 Å². The van der Waals surface area contributed by atoms with Crippen molar-refractivity contribution in [2.75, 3.05) is 6.54 Å². The molecule has 0 aromatic carbocycles. The van der Waals surface area contributed by atoms with E-state index in [1.165, 1.54) is 0 Å². The van der Waals surface area contributed by atoms with Gasteiger partial charge in [-0.05, 0) is 12.3 Å². The van der Waals surface area contributed by atoms with E-state index >= 15 is 0 Å². The molecule has 3 N–H and O–H groups in total. The molecule has 0 unspecified atom stereocenters. The molecule has 2 atom stereocenters. The van der Waals surface area contributed by atoms with Crippen LogP contribution in [0.1, 0.15) is 20.3 Å². The van der Waals surface area contributed by atoms with E-state index in [0.29, 0.717) is 12.1 Å². The molecule has 0 saturated carbocycles. The smallest absolute Gasteiger partial charge is 0.0180 e. The maximum atomic E-state index is 5.70. The van der Waals surface area contributed by atoms with Crippen LogP contribution in [0.15, 0.2) is 0 Å². The second-order valence-corrected chi connectivity index (χ2v) is 3.25. The molecule has 0 bridgehead atoms. The Morgan fingerprint density at radius 1 is 1.56 bits per heavy atom. The maximum absolute atomic E-state index is 5.70. The molecule has 1 rings (SSSR count). The van der Waals surface area contributed by atoms with Crippen molar-refractivity contribution >= 4 is 0 Å². The van der Waals surface area contributed by atoms with Gasteiger partial charge in [0.15, 0.2) is 0 Å². The van der Waals surface area contributed by atoms with Crippen molar-refractivity contribution in [1.82, 2.24) is 5.32 Å². The molecule has 0 aliphatic carbocycles. The molecule has 54 valence electrons. The molecular weight excluding hydrogens is 112 g/mol. The number of hydrogen-bond acceptors (Lipinski definition) is 2. The maximum Gasteiger partial charge on any atom is 0.0180 e. The average molecular weight is 128 g/mol. The fraction of sp³-hybridized carbons (Fsp3) is 1.00. The third-order valence-electron chi connectivity index (χ3n) is 2.00. The van der Waals surface area contributed by atoms with Gasteiger partial charge in [-0.3, -0.25) is 0 Å². The van der Waals surface area contributed by atoms with Crippen LogP contribution in [0.2, 0.25) is 0 Å². The van der Waals surface area contributed by atoms with Gasteiger partial charge >= 0.3 is 0 Å². The number of hydrogen-bond donors (Lipinski definition) is 2. The highest BCUT2D eigenvalue weighted by Crippen LogP contribution is 2.12. The summed E-state index contributed by atoms with van der Waals surface area (Å²) in [5.74, 6) is 0.735. The van der Waals surface area contributed by atoms with Crippen molar-refractivity contribution in [2.24, 2.45) is 11.7 Å². The van der Waals surface area contributed by atoms with Gasteiger partial charge < -0.3 is 11.1 Å². The highest BCUT2D eigenvalue weighted by atomic mass is 15.0. The topological polar surface area (TPSA) is 38.0 Å². The SMILES string of the molecule is CC(C)[C@H]1C[C@@H](N)CN1. The lowest BCUT2D eigenvalue weighted by molar-refractivity contribution is 0.449. The van der Waals surface area contributed by atoms with E-state index in [1.54, 1.807) is 0 Å². The van der Waals surface area contributed by atoms with Crippen LogP contribution in [0.25, 0.3) is 0 Å². The van der Waals surface area contributed by atoms with Gasteiger partial charge in [0.2, 0.25) is 0 Å². The van der Waals surface area contributed by atoms with Crippen LogP contribution < -0.4 is 11.1 Å². The third kappa shape index (κ3) is 1.66. The molecular formula is C7H16N2. The summed E-state index contributed by atoms with van der Waals surface area (Å²) in [6.07, 6.45) is 1.15. The standard InChI is InChI=1S/C7H16N2/c1-5(2)7-3-6(8)4-9-7/h5-7,9H,3-4,8H2,1-2H3/t6-,7-/m1/s1. The minimum atomic E-state index is 0.400. The van der Waals surface area contributed by atoms with Gasteiger partial charge in [0.25, 0.3) is 0 Å². The zero-order valence-electron chi connectivity index (χ0n) is 6.22. The zero-order chi connectivity index (χ0) is 6.85. The van der Waals surface area contributed by atoms with Gasteiger partial charge in [0, 0.05) is 18.6 Å². The normalized spacial score (nSPS) is 36.0. The predicted octanol–water partition coefficient (Wildman–Crippen LogP) is 0.332. The second kappa shape index (κ2) is 2.67. The van der Waals surface area contributed by atoms with Crippen molar-refractivity contribution < 1.29 is 0 Å². The van der Waals surface area contributed by atoms with Crippen molar-refractivity contribution in [3.05, 3.63) is 0 Å². The van der Waals surface area contributed by atoms with Crippen LogP contribution in [0.5, 0.6) is 0 Å². The molecule has 0 spiro atoms. The van der Waals surface area contributed by atoms with Crippen molar-refractivity contribution in [3.8, 4) is 0 Å². The first-order valence-electron chi connectivity index (χ1n) is 3.69. The van der Waals surface area contributed by atoms with Crippen LogP contribution in [-0.4, -0.2) is 18.6 Å². The van der Waals surface area contributed by atoms with E-state index in [9.17, 15) is 0 Å². The fourth-order valence-corrected chi connectivity index (χ4v) is 1.30. The molecule has 9 heavy (non-hydrogen) atoms. The van der Waals surface area contributed by atoms with Crippen LogP contribution in [0.4, 0.5) is 0 Å². The molecule has 0 aromatic heterocycles. The van der Waals surface area contributed by atoms with Crippen molar-refractivity contribution in [1.29, 1.82) is 0 Å². The summed E-state index contributed by atoms with van der Waals surface area (Å²) in [4.78, 5) is 0. The Bertz CT molecular complexity index is 90.9. The van der Waals surface area contributed by atoms with Crippen LogP contribution in [0.3, 0.4) is 0 Å². The van der Waals surface area contributed by atoms with Gasteiger partial charge in [-0.1, -0.05) is 13.8 Å². The van der Waals surface area contributed by atoms with Gasteiger partial charge in [-0.15, -0.1) is 0 Å². The summed E-state index contributed by atoms with van der Waals surface area (Å²) in [6, 6.07) is 1.07. The van der Waals surface area contributed by atoms with E-state index in [-0.39, 0.29) is 0 Å². The van der Waals surface area contributed by atoms with E-state index < -0.39 is 0 Å². The Kier molecular flexibility index (Phi) is 2.09. The van der Waals surface area contributed by atoms with Crippen LogP contribution in [0, 0.1) is 5.92 Å². The first kappa shape index (κ1) is 7.03. The highest BCUT2D eigenvalue weighted by molar-refractivity contribution is 4.85. The summed E-state index contributed by atoms with van der Waals surface area (Å²) < 4.78 is 0. The summed E-state index contributed by atoms with van der Waals surface area (Å²) in [7, 11) is 0. The Morgan fingerprint density at radius 3 is 2.44 bits per heavy atom. The van der Waals surface area contributed by atoms with Gasteiger partial charge in [-0.25, -0.2) is 0 Å². The number of nitrogens with one attached hydrogen (secondary N) is 1. The lowest BCUT2D eigenvalue weighted by atomic mass is 10.0. The summed E-state index contributed by atoms with van der Waals surface area (Å²) in [5.41, 5.74) is 5.70. The van der Waals surface area contributed by atoms with E-state index in [4.69, 9.17) is 5.73 Å². The molecule has 1 saturated heterocycles. The Balaban J connectivity index is 2.30. The van der Waals surface area contributed by atoms with Gasteiger partial charge in [0.05, 0.1) is 0 Å². The van der Waals surface area contributed by atoms with Crippen LogP contribution >= 0.6 is 0 Å². The second-order valence-electron chi connectivity index (χ2n) is 3.25. The Hall–Kier alpha value is -0.0800. The molecule has 1 heterocycles. The third-order valence-corrected chi connectivity index (χ3v) is 2.00.